The lowest BCUT2D eigenvalue weighted by atomic mass is 9.83. The van der Waals surface area contributed by atoms with Gasteiger partial charge in [-0.3, -0.25) is 19.9 Å². The second kappa shape index (κ2) is 17.1. The molecule has 2 aromatic heterocycles. The first kappa shape index (κ1) is 38.8. The second-order valence-electron chi connectivity index (χ2n) is 14.5. The van der Waals surface area contributed by atoms with Crippen LogP contribution in [0.3, 0.4) is 0 Å². The minimum absolute atomic E-state index is 0.0167. The number of piperazine rings is 1. The van der Waals surface area contributed by atoms with Gasteiger partial charge in [0.2, 0.25) is 11.8 Å². The van der Waals surface area contributed by atoms with Gasteiger partial charge in [0.05, 0.1) is 8.95 Å². The molecule has 292 valence electrons. The first-order valence-corrected chi connectivity index (χ1v) is 20.3. The number of hydrogen-bond acceptors (Lipinski definition) is 10. The number of likely N-dealkylation sites (tertiary alicyclic amines) is 1. The summed E-state index contributed by atoms with van der Waals surface area (Å²) in [6, 6.07) is 8.69. The summed E-state index contributed by atoms with van der Waals surface area (Å²) in [5, 5.41) is 22.4. The number of phenols is 1. The molecule has 3 aromatic rings. The lowest BCUT2D eigenvalue weighted by Crippen LogP contribution is -2.59. The van der Waals surface area contributed by atoms with Crippen molar-refractivity contribution in [2.45, 2.75) is 56.2 Å². The summed E-state index contributed by atoms with van der Waals surface area (Å²) in [5.74, 6) is 0.105. The van der Waals surface area contributed by atoms with Gasteiger partial charge in [-0.05, 0) is 112 Å². The Morgan fingerprint density at radius 3 is 2.31 bits per heavy atom. The molecule has 6 heterocycles. The number of fused-ring (bicyclic) bond motifs is 2. The average Bonchev–Trinajstić information content (AvgIpc) is 3.20. The fraction of sp³-hybridized carbons (Fsp3) is 0.474. The predicted molar refractivity (Wildman–Crippen MR) is 212 cm³/mol. The third kappa shape index (κ3) is 8.99. The van der Waals surface area contributed by atoms with Crippen LogP contribution in [0.5, 0.6) is 5.75 Å². The second-order valence-corrected chi connectivity index (χ2v) is 16.2. The van der Waals surface area contributed by atoms with Gasteiger partial charge in [0.15, 0.2) is 0 Å². The number of urea groups is 1. The quantitative estimate of drug-likeness (QED) is 0.210. The number of aromatic hydroxyl groups is 1. The molecule has 55 heavy (non-hydrogen) atoms. The number of carbonyl (C=O) groups excluding carboxylic acids is 4. The van der Waals surface area contributed by atoms with Crippen molar-refractivity contribution < 1.29 is 29.0 Å². The molecule has 5 amide bonds. The third-order valence-electron chi connectivity index (χ3n) is 11.1. The van der Waals surface area contributed by atoms with Gasteiger partial charge < -0.3 is 40.5 Å². The summed E-state index contributed by atoms with van der Waals surface area (Å²) in [5.41, 5.74) is 1.57. The van der Waals surface area contributed by atoms with Gasteiger partial charge in [-0.25, -0.2) is 14.6 Å². The van der Waals surface area contributed by atoms with E-state index in [4.69, 9.17) is 4.74 Å². The molecule has 0 saturated carbocycles. The number of ether oxygens (including phenoxy) is 1. The van der Waals surface area contributed by atoms with E-state index in [9.17, 15) is 24.3 Å². The Balaban J connectivity index is 1.08. The number of benzene rings is 1. The number of carbonyl (C=O) groups is 4. The molecule has 0 aliphatic carbocycles. The Morgan fingerprint density at radius 2 is 1.62 bits per heavy atom. The van der Waals surface area contributed by atoms with E-state index in [2.05, 4.69) is 68.0 Å². The molecule has 4 aliphatic rings. The predicted octanol–water partition coefficient (Wildman–Crippen LogP) is 4.10. The van der Waals surface area contributed by atoms with Gasteiger partial charge >= 0.3 is 12.1 Å². The van der Waals surface area contributed by atoms with E-state index in [1.807, 2.05) is 23.1 Å². The van der Waals surface area contributed by atoms with Crippen LogP contribution in [0.1, 0.15) is 43.2 Å². The van der Waals surface area contributed by atoms with Crippen molar-refractivity contribution in [3.05, 3.63) is 75.1 Å². The number of phenolic OH excluding ortho intramolecular Hbond substituents is 1. The van der Waals surface area contributed by atoms with Crippen molar-refractivity contribution in [3.63, 3.8) is 0 Å². The molecule has 17 heteroatoms. The zero-order chi connectivity index (χ0) is 38.5. The van der Waals surface area contributed by atoms with Crippen molar-refractivity contribution in [2.75, 3.05) is 62.6 Å². The molecular formula is C38H45Br2N9O6. The minimum atomic E-state index is -1.06. The normalized spacial score (nSPS) is 19.5. The molecule has 1 aromatic carbocycles. The van der Waals surface area contributed by atoms with Crippen molar-refractivity contribution in [2.24, 2.45) is 5.92 Å². The molecule has 15 nitrogen and oxygen atoms in total. The van der Waals surface area contributed by atoms with E-state index in [1.54, 1.807) is 41.7 Å². The molecule has 0 radical (unpaired) electrons. The van der Waals surface area contributed by atoms with Crippen LogP contribution in [0.2, 0.25) is 0 Å². The zero-order valence-electron chi connectivity index (χ0n) is 30.3. The smallest absolute Gasteiger partial charge is 0.413 e. The van der Waals surface area contributed by atoms with Gasteiger partial charge in [0.1, 0.15) is 29.3 Å². The highest BCUT2D eigenvalue weighted by Crippen LogP contribution is 2.42. The number of pyridine rings is 2. The summed E-state index contributed by atoms with van der Waals surface area (Å²) in [6.45, 7) is 4.56. The van der Waals surface area contributed by atoms with E-state index in [0.29, 0.717) is 65.8 Å². The Hall–Kier alpha value is -4.48. The molecule has 2 atom stereocenters. The number of amides is 5. The Labute approximate surface area is 336 Å². The van der Waals surface area contributed by atoms with Crippen molar-refractivity contribution >= 4 is 67.3 Å². The van der Waals surface area contributed by atoms with Crippen molar-refractivity contribution in [1.82, 2.24) is 35.7 Å². The number of halogens is 2. The summed E-state index contributed by atoms with van der Waals surface area (Å²) in [7, 11) is 0. The Morgan fingerprint density at radius 1 is 0.927 bits per heavy atom. The van der Waals surface area contributed by atoms with Crippen molar-refractivity contribution in [1.29, 1.82) is 0 Å². The lowest BCUT2D eigenvalue weighted by Gasteiger charge is -2.43. The van der Waals surface area contributed by atoms with Gasteiger partial charge in [0.25, 0.3) is 0 Å². The molecule has 1 unspecified atom stereocenters. The van der Waals surface area contributed by atoms with Gasteiger partial charge in [-0.2, -0.15) is 0 Å². The van der Waals surface area contributed by atoms with Crippen LogP contribution in [0, 0.1) is 5.92 Å². The number of rotatable bonds is 9. The zero-order valence-corrected chi connectivity index (χ0v) is 33.5. The summed E-state index contributed by atoms with van der Waals surface area (Å²) in [6.07, 6.45) is 7.60. The molecule has 5 N–H and O–H groups in total. The first-order valence-electron chi connectivity index (χ1n) is 18.7. The fourth-order valence-corrected chi connectivity index (χ4v) is 9.28. The highest BCUT2D eigenvalue weighted by molar-refractivity contribution is 9.11. The first-order chi connectivity index (χ1) is 26.6. The van der Waals surface area contributed by atoms with Gasteiger partial charge in [-0.15, -0.1) is 0 Å². The van der Waals surface area contributed by atoms with Crippen LogP contribution in [-0.2, 0) is 26.3 Å². The number of nitrogens with zero attached hydrogens (tertiary/aromatic N) is 5. The Kier molecular flexibility index (Phi) is 12.1. The maximum Gasteiger partial charge on any atom is 0.413 e. The van der Waals surface area contributed by atoms with E-state index in [1.165, 1.54) is 0 Å². The third-order valence-corrected chi connectivity index (χ3v) is 12.3. The SMILES string of the molecule is O=C1Nc2ncccc2C2(CCN(C(=O)NC(Cc3cc(Br)c(O)c(Br)c3)C(=O)N[C@@H](CC3CCNCC3)C(=O)N3CCN(c4ccncc4)CC3)CC2)O1. The topological polar surface area (TPSA) is 181 Å². The van der Waals surface area contributed by atoms with Crippen LogP contribution >= 0.6 is 31.9 Å². The van der Waals surface area contributed by atoms with Crippen LogP contribution in [0.15, 0.2) is 63.9 Å². The van der Waals surface area contributed by atoms with E-state index >= 15 is 0 Å². The molecule has 3 fully saturated rings. The standard InChI is InChI=1S/C38H45Br2N9O6/c39-28-20-25(21-29(40)32(28)50)23-30(45-36(53)49-14-7-38(8-15-49)27-2-1-9-43-33(27)46-37(54)55-38)34(51)44-31(22-24-3-10-41-11-4-24)35(52)48-18-16-47(17-19-48)26-5-12-42-13-6-26/h1-2,5-6,9,12-13,20-21,24,30-31,41,50H,3-4,7-8,10-11,14-19,22-23H2,(H,44,51)(H,45,53)(H,43,46,54)/t30?,31-/m0/s1. The molecule has 3 saturated heterocycles. The minimum Gasteiger partial charge on any atom is -0.506 e. The number of anilines is 2. The van der Waals surface area contributed by atoms with E-state index in [-0.39, 0.29) is 37.1 Å². The monoisotopic (exact) mass is 881 g/mol. The van der Waals surface area contributed by atoms with Crippen LogP contribution in [-0.4, -0.2) is 113 Å². The molecule has 0 bridgehead atoms. The summed E-state index contributed by atoms with van der Waals surface area (Å²) >= 11 is 6.77. The summed E-state index contributed by atoms with van der Waals surface area (Å²) < 4.78 is 6.68. The maximum absolute atomic E-state index is 14.4. The van der Waals surface area contributed by atoms with E-state index < -0.39 is 35.7 Å². The van der Waals surface area contributed by atoms with E-state index in [0.717, 1.165) is 37.2 Å². The number of hydrogen-bond donors (Lipinski definition) is 5. The summed E-state index contributed by atoms with van der Waals surface area (Å²) in [4.78, 5) is 69.2. The fourth-order valence-electron chi connectivity index (χ4n) is 8.00. The van der Waals surface area contributed by atoms with Crippen LogP contribution in [0.4, 0.5) is 21.1 Å². The number of piperidine rings is 2. The van der Waals surface area contributed by atoms with Crippen LogP contribution < -0.4 is 26.2 Å². The number of nitrogens with one attached hydrogen (secondary N) is 4. The highest BCUT2D eigenvalue weighted by Gasteiger charge is 2.46. The maximum atomic E-state index is 14.4. The Bertz CT molecular complexity index is 1860. The molecular weight excluding hydrogens is 838 g/mol. The van der Waals surface area contributed by atoms with Crippen molar-refractivity contribution in [3.8, 4) is 5.75 Å². The average molecular weight is 884 g/mol. The highest BCUT2D eigenvalue weighted by atomic mass is 79.9. The lowest BCUT2D eigenvalue weighted by molar-refractivity contribution is -0.137. The van der Waals surface area contributed by atoms with Gasteiger partial charge in [-0.1, -0.05) is 0 Å². The molecule has 4 aliphatic heterocycles. The van der Waals surface area contributed by atoms with Gasteiger partial charge in [0, 0.05) is 88.4 Å². The molecule has 1 spiro atoms. The number of aromatic nitrogens is 2. The largest absolute Gasteiger partial charge is 0.506 e. The molecule has 7 rings (SSSR count). The van der Waals surface area contributed by atoms with Crippen LogP contribution in [0.25, 0.3) is 0 Å².